The molecule has 0 spiro atoms. The van der Waals surface area contributed by atoms with Crippen LogP contribution in [0.25, 0.3) is 0 Å². The normalized spacial score (nSPS) is 25.5. The van der Waals surface area contributed by atoms with Gasteiger partial charge in [0.25, 0.3) is 0 Å². The van der Waals surface area contributed by atoms with Gasteiger partial charge in [0.05, 0.1) is 12.0 Å². The molecule has 154 valence electrons. The lowest BCUT2D eigenvalue weighted by Crippen LogP contribution is -2.47. The van der Waals surface area contributed by atoms with Gasteiger partial charge < -0.3 is 20.1 Å². The number of likely N-dealkylation sites (tertiary alicyclic amines) is 1. The van der Waals surface area contributed by atoms with Gasteiger partial charge in [-0.05, 0) is 37.0 Å². The zero-order valence-electron chi connectivity index (χ0n) is 17.3. The molecule has 4 rings (SSSR count). The standard InChI is InChI=1S/C21H33N5O2/c1-21(2,15-5-4-6-15)13-23-20(28)26-11-16(18-22-9-10-25(18)3)17(12-26)24-19(27)14-7-8-14/h9-10,14-17H,4-8,11-13H2,1-3H3,(H,23,28)(H,24,27)/t16-,17-/m1/s1. The van der Waals surface area contributed by atoms with Crippen LogP contribution in [0.5, 0.6) is 0 Å². The predicted molar refractivity (Wildman–Crippen MR) is 107 cm³/mol. The van der Waals surface area contributed by atoms with E-state index in [1.807, 2.05) is 22.7 Å². The number of hydrogen-bond donors (Lipinski definition) is 2. The first-order valence-corrected chi connectivity index (χ1v) is 10.7. The third-order valence-corrected chi connectivity index (χ3v) is 6.98. The number of urea groups is 1. The number of carbonyl (C=O) groups is 2. The molecule has 0 unspecified atom stereocenters. The Kier molecular flexibility index (Phi) is 5.10. The first kappa shape index (κ1) is 19.3. The van der Waals surface area contributed by atoms with Crippen LogP contribution < -0.4 is 10.6 Å². The SMILES string of the molecule is Cn1ccnc1[C@@H]1CN(C(=O)NCC(C)(C)C2CCC2)C[C@H]1NC(=O)C1CC1. The van der Waals surface area contributed by atoms with Crippen molar-refractivity contribution in [2.45, 2.75) is 57.9 Å². The van der Waals surface area contributed by atoms with E-state index in [1.165, 1.54) is 19.3 Å². The monoisotopic (exact) mass is 387 g/mol. The van der Waals surface area contributed by atoms with Crippen LogP contribution in [0.1, 0.15) is 57.7 Å². The first-order chi connectivity index (χ1) is 13.3. The molecule has 0 bridgehead atoms. The van der Waals surface area contributed by atoms with Crippen molar-refractivity contribution in [3.8, 4) is 0 Å². The van der Waals surface area contributed by atoms with Crippen LogP contribution in [0.3, 0.4) is 0 Å². The highest BCUT2D eigenvalue weighted by molar-refractivity contribution is 5.81. The number of amides is 3. The zero-order chi connectivity index (χ0) is 19.9. The summed E-state index contributed by atoms with van der Waals surface area (Å²) in [5.74, 6) is 1.93. The van der Waals surface area contributed by atoms with Gasteiger partial charge in [0.1, 0.15) is 5.82 Å². The minimum absolute atomic E-state index is 0.0214. The van der Waals surface area contributed by atoms with Gasteiger partial charge in [0, 0.05) is 45.0 Å². The average molecular weight is 388 g/mol. The third kappa shape index (κ3) is 3.89. The molecule has 3 aliphatic rings. The molecule has 1 aromatic rings. The summed E-state index contributed by atoms with van der Waals surface area (Å²) >= 11 is 0. The summed E-state index contributed by atoms with van der Waals surface area (Å²) in [6, 6.07) is -0.116. The van der Waals surface area contributed by atoms with E-state index in [0.29, 0.717) is 25.6 Å². The van der Waals surface area contributed by atoms with Crippen molar-refractivity contribution in [3.05, 3.63) is 18.2 Å². The Labute approximate surface area is 167 Å². The van der Waals surface area contributed by atoms with Crippen molar-refractivity contribution in [2.75, 3.05) is 19.6 Å². The molecule has 1 saturated heterocycles. The molecule has 0 aromatic carbocycles. The Morgan fingerprint density at radius 3 is 2.54 bits per heavy atom. The smallest absolute Gasteiger partial charge is 0.317 e. The van der Waals surface area contributed by atoms with Crippen molar-refractivity contribution >= 4 is 11.9 Å². The Balaban J connectivity index is 1.40. The molecule has 2 N–H and O–H groups in total. The Morgan fingerprint density at radius 2 is 1.96 bits per heavy atom. The molecule has 3 amide bonds. The quantitative estimate of drug-likeness (QED) is 0.786. The van der Waals surface area contributed by atoms with E-state index in [9.17, 15) is 9.59 Å². The summed E-state index contributed by atoms with van der Waals surface area (Å²) in [5, 5.41) is 6.34. The molecule has 1 aromatic heterocycles. The number of aryl methyl sites for hydroxylation is 1. The molecule has 2 heterocycles. The van der Waals surface area contributed by atoms with Crippen LogP contribution in [0.15, 0.2) is 12.4 Å². The van der Waals surface area contributed by atoms with Gasteiger partial charge in [-0.1, -0.05) is 20.3 Å². The summed E-state index contributed by atoms with van der Waals surface area (Å²) in [6.07, 6.45) is 9.49. The summed E-state index contributed by atoms with van der Waals surface area (Å²) in [7, 11) is 1.96. The minimum Gasteiger partial charge on any atom is -0.351 e. The van der Waals surface area contributed by atoms with Crippen LogP contribution in [-0.4, -0.2) is 52.1 Å². The molecule has 28 heavy (non-hydrogen) atoms. The second kappa shape index (κ2) is 7.41. The lowest BCUT2D eigenvalue weighted by Gasteiger charge is -2.40. The number of rotatable bonds is 6. The van der Waals surface area contributed by atoms with E-state index in [1.54, 1.807) is 6.20 Å². The number of nitrogens with zero attached hydrogens (tertiary/aromatic N) is 3. The molecule has 2 atom stereocenters. The maximum Gasteiger partial charge on any atom is 0.317 e. The van der Waals surface area contributed by atoms with Gasteiger partial charge in [0.15, 0.2) is 0 Å². The minimum atomic E-state index is -0.0837. The zero-order valence-corrected chi connectivity index (χ0v) is 17.3. The Hall–Kier alpha value is -2.05. The first-order valence-electron chi connectivity index (χ1n) is 10.7. The molecule has 1 aliphatic heterocycles. The molecule has 3 fully saturated rings. The highest BCUT2D eigenvalue weighted by atomic mass is 16.2. The van der Waals surface area contributed by atoms with Gasteiger partial charge in [-0.2, -0.15) is 0 Å². The highest BCUT2D eigenvalue weighted by Crippen LogP contribution is 2.41. The number of imidazole rings is 1. The fourth-order valence-electron chi connectivity index (χ4n) is 4.51. The van der Waals surface area contributed by atoms with Crippen LogP contribution in [0.2, 0.25) is 0 Å². The van der Waals surface area contributed by atoms with Crippen LogP contribution in [-0.2, 0) is 11.8 Å². The summed E-state index contributed by atoms with van der Waals surface area (Å²) < 4.78 is 1.99. The average Bonchev–Trinajstić information content (AvgIpc) is 3.24. The van der Waals surface area contributed by atoms with E-state index in [-0.39, 0.29) is 35.2 Å². The number of hydrogen-bond acceptors (Lipinski definition) is 3. The summed E-state index contributed by atoms with van der Waals surface area (Å²) in [4.78, 5) is 31.6. The maximum absolute atomic E-state index is 12.9. The summed E-state index contributed by atoms with van der Waals surface area (Å²) in [5.41, 5.74) is 0.131. The molecule has 7 nitrogen and oxygen atoms in total. The number of aromatic nitrogens is 2. The van der Waals surface area contributed by atoms with E-state index in [0.717, 1.165) is 18.7 Å². The third-order valence-electron chi connectivity index (χ3n) is 6.98. The van der Waals surface area contributed by atoms with Crippen LogP contribution in [0, 0.1) is 17.3 Å². The van der Waals surface area contributed by atoms with Gasteiger partial charge in [0.2, 0.25) is 5.91 Å². The highest BCUT2D eigenvalue weighted by Gasteiger charge is 2.42. The fourth-order valence-corrected chi connectivity index (χ4v) is 4.51. The Morgan fingerprint density at radius 1 is 1.21 bits per heavy atom. The van der Waals surface area contributed by atoms with Gasteiger partial charge in [-0.3, -0.25) is 4.79 Å². The molecular weight excluding hydrogens is 354 g/mol. The topological polar surface area (TPSA) is 79.3 Å². The molecule has 2 aliphatic carbocycles. The van der Waals surface area contributed by atoms with Crippen molar-refractivity contribution < 1.29 is 9.59 Å². The van der Waals surface area contributed by atoms with E-state index in [2.05, 4.69) is 29.5 Å². The van der Waals surface area contributed by atoms with Crippen molar-refractivity contribution in [1.82, 2.24) is 25.1 Å². The lowest BCUT2D eigenvalue weighted by atomic mass is 9.67. The second-order valence-corrected chi connectivity index (χ2v) is 9.57. The van der Waals surface area contributed by atoms with Gasteiger partial charge in [-0.15, -0.1) is 0 Å². The van der Waals surface area contributed by atoms with Gasteiger partial charge in [-0.25, -0.2) is 9.78 Å². The van der Waals surface area contributed by atoms with Crippen LogP contribution >= 0.6 is 0 Å². The molecule has 7 heteroatoms. The van der Waals surface area contributed by atoms with Crippen molar-refractivity contribution in [2.24, 2.45) is 24.3 Å². The van der Waals surface area contributed by atoms with Gasteiger partial charge >= 0.3 is 6.03 Å². The molecular formula is C21H33N5O2. The summed E-state index contributed by atoms with van der Waals surface area (Å²) in [6.45, 7) is 6.30. The maximum atomic E-state index is 12.9. The molecule has 2 saturated carbocycles. The van der Waals surface area contributed by atoms with E-state index in [4.69, 9.17) is 0 Å². The predicted octanol–water partition coefficient (Wildman–Crippen LogP) is 2.25. The fraction of sp³-hybridized carbons (Fsp3) is 0.762. The Bertz CT molecular complexity index is 735. The van der Waals surface area contributed by atoms with Crippen molar-refractivity contribution in [1.29, 1.82) is 0 Å². The lowest BCUT2D eigenvalue weighted by molar-refractivity contribution is -0.123. The molecule has 0 radical (unpaired) electrons. The van der Waals surface area contributed by atoms with Crippen LogP contribution in [0.4, 0.5) is 4.79 Å². The largest absolute Gasteiger partial charge is 0.351 e. The second-order valence-electron chi connectivity index (χ2n) is 9.57. The van der Waals surface area contributed by atoms with Crippen molar-refractivity contribution in [3.63, 3.8) is 0 Å². The number of nitrogens with one attached hydrogen (secondary N) is 2. The number of carbonyl (C=O) groups excluding carboxylic acids is 2. The van der Waals surface area contributed by atoms with E-state index >= 15 is 0 Å². The van der Waals surface area contributed by atoms with E-state index < -0.39 is 0 Å².